The first-order valence-corrected chi connectivity index (χ1v) is 8.06. The van der Waals surface area contributed by atoms with Gasteiger partial charge < -0.3 is 19.4 Å². The molecule has 1 amide bonds. The molecule has 4 rings (SSSR count). The summed E-state index contributed by atoms with van der Waals surface area (Å²) in [6.07, 6.45) is 1.82. The number of nitrogens with zero attached hydrogens (tertiary/aromatic N) is 2. The van der Waals surface area contributed by atoms with Gasteiger partial charge in [-0.25, -0.2) is 0 Å². The Labute approximate surface area is 139 Å². The maximum atomic E-state index is 12.8. The molecule has 1 aromatic heterocycles. The summed E-state index contributed by atoms with van der Waals surface area (Å²) in [5, 5.41) is 8.92. The Bertz CT molecular complexity index is 821. The molecule has 0 aliphatic carbocycles. The Morgan fingerprint density at radius 1 is 1.25 bits per heavy atom. The third kappa shape index (κ3) is 2.38. The Morgan fingerprint density at radius 2 is 2.12 bits per heavy atom. The van der Waals surface area contributed by atoms with Gasteiger partial charge in [0.1, 0.15) is 30.7 Å². The summed E-state index contributed by atoms with van der Waals surface area (Å²) in [6, 6.07) is 11.1. The van der Waals surface area contributed by atoms with Crippen molar-refractivity contribution in [2.75, 3.05) is 19.8 Å². The minimum Gasteiger partial charge on any atom is -0.486 e. The van der Waals surface area contributed by atoms with Gasteiger partial charge in [-0.15, -0.1) is 0 Å². The molecule has 1 N–H and O–H groups in total. The summed E-state index contributed by atoms with van der Waals surface area (Å²) in [7, 11) is 0. The molecule has 0 spiro atoms. The first-order chi connectivity index (χ1) is 11.8. The van der Waals surface area contributed by atoms with Crippen LogP contribution in [0.15, 0.2) is 30.3 Å². The number of hydrogen-bond acceptors (Lipinski definition) is 4. The van der Waals surface area contributed by atoms with Gasteiger partial charge in [0, 0.05) is 12.1 Å². The number of likely N-dealkylation sites (tertiary alicyclic amines) is 1. The predicted octanol–water partition coefficient (Wildman–Crippen LogP) is 2.63. The zero-order valence-corrected chi connectivity index (χ0v) is 13.1. The number of amides is 1. The number of benzene rings is 1. The van der Waals surface area contributed by atoms with Gasteiger partial charge in [0.2, 0.25) is 0 Å². The van der Waals surface area contributed by atoms with E-state index in [4.69, 9.17) is 14.7 Å². The number of carbonyl (C=O) groups is 1. The molecule has 122 valence electrons. The highest BCUT2D eigenvalue weighted by atomic mass is 16.6. The Balaban J connectivity index is 1.66. The van der Waals surface area contributed by atoms with Gasteiger partial charge in [0.05, 0.1) is 6.04 Å². The van der Waals surface area contributed by atoms with Crippen molar-refractivity contribution in [3.05, 3.63) is 47.3 Å². The summed E-state index contributed by atoms with van der Waals surface area (Å²) < 4.78 is 11.5. The van der Waals surface area contributed by atoms with Gasteiger partial charge >= 0.3 is 0 Å². The maximum Gasteiger partial charge on any atom is 0.270 e. The average Bonchev–Trinajstić information content (AvgIpc) is 3.30. The van der Waals surface area contributed by atoms with Crippen LogP contribution in [0, 0.1) is 11.3 Å². The van der Waals surface area contributed by atoms with Crippen molar-refractivity contribution in [1.82, 2.24) is 9.88 Å². The second kappa shape index (κ2) is 5.93. The largest absolute Gasteiger partial charge is 0.486 e. The standard InChI is InChI=1S/C18H17N3O3/c19-11-12-6-7-14(20-12)18(22)21-8-2-4-15(21)13-3-1-5-16-17(13)24-10-9-23-16/h1,3,5-7,15,20H,2,4,8-10H2/t15-/m1/s1. The Morgan fingerprint density at radius 3 is 2.96 bits per heavy atom. The minimum atomic E-state index is -0.0895. The van der Waals surface area contributed by atoms with Crippen LogP contribution < -0.4 is 9.47 Å². The number of aromatic nitrogens is 1. The summed E-state index contributed by atoms with van der Waals surface area (Å²) in [5.74, 6) is 1.40. The molecule has 0 bridgehead atoms. The van der Waals surface area contributed by atoms with E-state index in [1.807, 2.05) is 29.2 Å². The zero-order chi connectivity index (χ0) is 16.5. The van der Waals surface area contributed by atoms with Crippen LogP contribution in [0.5, 0.6) is 11.5 Å². The topological polar surface area (TPSA) is 78.3 Å². The van der Waals surface area contributed by atoms with Crippen LogP contribution in [0.1, 0.15) is 40.6 Å². The normalized spacial score (nSPS) is 19.1. The minimum absolute atomic E-state index is 0.0389. The molecule has 2 aliphatic rings. The van der Waals surface area contributed by atoms with Crippen LogP contribution in [0.2, 0.25) is 0 Å². The maximum absolute atomic E-state index is 12.8. The first kappa shape index (κ1) is 14.6. The third-order valence-corrected chi connectivity index (χ3v) is 4.51. The molecular formula is C18H17N3O3. The number of nitriles is 1. The lowest BCUT2D eigenvalue weighted by atomic mass is 10.0. The van der Waals surface area contributed by atoms with Crippen molar-refractivity contribution in [2.45, 2.75) is 18.9 Å². The number of aromatic amines is 1. The van der Waals surface area contributed by atoms with Crippen LogP contribution in [0.4, 0.5) is 0 Å². The van der Waals surface area contributed by atoms with Crippen molar-refractivity contribution in [1.29, 1.82) is 5.26 Å². The van der Waals surface area contributed by atoms with Crippen molar-refractivity contribution in [3.8, 4) is 17.6 Å². The Kier molecular flexibility index (Phi) is 3.62. The molecule has 1 fully saturated rings. The van der Waals surface area contributed by atoms with Gasteiger partial charge in [-0.1, -0.05) is 12.1 Å². The van der Waals surface area contributed by atoms with Crippen LogP contribution in [0.3, 0.4) is 0 Å². The number of H-pyrrole nitrogens is 1. The van der Waals surface area contributed by atoms with Crippen molar-refractivity contribution >= 4 is 5.91 Å². The zero-order valence-electron chi connectivity index (χ0n) is 13.1. The fourth-order valence-electron chi connectivity index (χ4n) is 3.43. The SMILES string of the molecule is N#Cc1ccc(C(=O)N2CCC[C@@H]2c2cccc3c2OCCO3)[nH]1. The number of para-hydroxylation sites is 1. The lowest BCUT2D eigenvalue weighted by Gasteiger charge is -2.28. The smallest absolute Gasteiger partial charge is 0.270 e. The molecule has 0 radical (unpaired) electrons. The van der Waals surface area contributed by atoms with Gasteiger partial charge in [-0.05, 0) is 31.0 Å². The number of rotatable bonds is 2. The fourth-order valence-corrected chi connectivity index (χ4v) is 3.43. The number of carbonyl (C=O) groups excluding carboxylic acids is 1. The number of ether oxygens (including phenoxy) is 2. The first-order valence-electron chi connectivity index (χ1n) is 8.06. The Hall–Kier alpha value is -2.94. The van der Waals surface area contributed by atoms with E-state index in [1.165, 1.54) is 0 Å². The monoisotopic (exact) mass is 323 g/mol. The molecule has 6 nitrogen and oxygen atoms in total. The summed E-state index contributed by atoms with van der Waals surface area (Å²) in [5.41, 5.74) is 1.83. The molecule has 1 atom stereocenters. The molecule has 24 heavy (non-hydrogen) atoms. The molecule has 2 aromatic rings. The lowest BCUT2D eigenvalue weighted by Crippen LogP contribution is -2.31. The quantitative estimate of drug-likeness (QED) is 0.921. The van der Waals surface area contributed by atoms with Crippen molar-refractivity contribution < 1.29 is 14.3 Å². The van der Waals surface area contributed by atoms with Crippen LogP contribution in [-0.2, 0) is 0 Å². The molecule has 2 aliphatic heterocycles. The fraction of sp³-hybridized carbons (Fsp3) is 0.333. The van der Waals surface area contributed by atoms with E-state index in [0.29, 0.717) is 31.1 Å². The van der Waals surface area contributed by atoms with Gasteiger partial charge in [-0.3, -0.25) is 4.79 Å². The highest BCUT2D eigenvalue weighted by molar-refractivity contribution is 5.93. The second-order valence-corrected chi connectivity index (χ2v) is 5.93. The summed E-state index contributed by atoms with van der Waals surface area (Å²) >= 11 is 0. The third-order valence-electron chi connectivity index (χ3n) is 4.51. The van der Waals surface area contributed by atoms with Crippen molar-refractivity contribution in [2.24, 2.45) is 0 Å². The van der Waals surface area contributed by atoms with Crippen LogP contribution in [-0.4, -0.2) is 35.5 Å². The van der Waals surface area contributed by atoms with Crippen molar-refractivity contribution in [3.63, 3.8) is 0 Å². The van der Waals surface area contributed by atoms with Crippen LogP contribution >= 0.6 is 0 Å². The van der Waals surface area contributed by atoms with Gasteiger partial charge in [0.25, 0.3) is 5.91 Å². The second-order valence-electron chi connectivity index (χ2n) is 5.93. The van der Waals surface area contributed by atoms with Crippen LogP contribution in [0.25, 0.3) is 0 Å². The van der Waals surface area contributed by atoms with Gasteiger partial charge in [0.15, 0.2) is 11.5 Å². The van der Waals surface area contributed by atoms with E-state index in [-0.39, 0.29) is 11.9 Å². The molecule has 0 unspecified atom stereocenters. The highest BCUT2D eigenvalue weighted by Gasteiger charge is 2.34. The van der Waals surface area contributed by atoms with E-state index >= 15 is 0 Å². The molecule has 1 saturated heterocycles. The molecular weight excluding hydrogens is 306 g/mol. The highest BCUT2D eigenvalue weighted by Crippen LogP contribution is 2.43. The number of nitrogens with one attached hydrogen (secondary N) is 1. The summed E-state index contributed by atoms with van der Waals surface area (Å²) in [4.78, 5) is 17.6. The van der Waals surface area contributed by atoms with E-state index < -0.39 is 0 Å². The molecule has 6 heteroatoms. The number of hydrogen-bond donors (Lipinski definition) is 1. The van der Waals surface area contributed by atoms with E-state index in [2.05, 4.69) is 4.98 Å². The molecule has 3 heterocycles. The summed E-state index contributed by atoms with van der Waals surface area (Å²) in [6.45, 7) is 1.75. The lowest BCUT2D eigenvalue weighted by molar-refractivity contribution is 0.0725. The average molecular weight is 323 g/mol. The predicted molar refractivity (Wildman–Crippen MR) is 86.0 cm³/mol. The van der Waals surface area contributed by atoms with E-state index in [0.717, 1.165) is 29.9 Å². The molecule has 0 saturated carbocycles. The van der Waals surface area contributed by atoms with E-state index in [1.54, 1.807) is 12.1 Å². The number of fused-ring (bicyclic) bond motifs is 1. The molecule has 1 aromatic carbocycles. The van der Waals surface area contributed by atoms with Gasteiger partial charge in [-0.2, -0.15) is 5.26 Å². The van der Waals surface area contributed by atoms with E-state index in [9.17, 15) is 4.79 Å².